The van der Waals surface area contributed by atoms with Crippen molar-refractivity contribution in [3.63, 3.8) is 0 Å². The Morgan fingerprint density at radius 1 is 1.14 bits per heavy atom. The largest absolute Gasteiger partial charge is 0.466 e. The third-order valence-electron chi connectivity index (χ3n) is 5.03. The highest BCUT2D eigenvalue weighted by atomic mass is 16.3. The number of benzene rings is 2. The van der Waals surface area contributed by atoms with E-state index in [1.54, 1.807) is 38.5 Å². The second kappa shape index (κ2) is 6.80. The van der Waals surface area contributed by atoms with Crippen molar-refractivity contribution in [1.29, 1.82) is 0 Å². The van der Waals surface area contributed by atoms with Crippen LogP contribution in [0.4, 0.5) is 5.69 Å². The number of aryl methyl sites for hydroxylation is 1. The monoisotopic (exact) mass is 373 g/mol. The number of pyridine rings is 1. The lowest BCUT2D eigenvalue weighted by Gasteiger charge is -2.11. The molecule has 2 aromatic heterocycles. The van der Waals surface area contributed by atoms with E-state index in [4.69, 9.17) is 16.5 Å². The molecule has 0 fully saturated rings. The highest BCUT2D eigenvalue weighted by Gasteiger charge is 2.23. The molecule has 0 radical (unpaired) electrons. The minimum Gasteiger partial charge on any atom is -0.466 e. The molecule has 0 amide bonds. The first-order chi connectivity index (χ1) is 15.0. The summed E-state index contributed by atoms with van der Waals surface area (Å²) in [7, 11) is 1.79. The smallest absolute Gasteiger partial charge is 0.229 e. The predicted octanol–water partition coefficient (Wildman–Crippen LogP) is 6.44. The zero-order valence-electron chi connectivity index (χ0n) is 20.8. The molecule has 0 N–H and O–H groups in total. The summed E-state index contributed by atoms with van der Waals surface area (Å²) in [6.45, 7) is 14.7. The van der Waals surface area contributed by atoms with E-state index in [9.17, 15) is 0 Å². The normalized spacial score (nSPS) is 14.0. The van der Waals surface area contributed by atoms with Crippen LogP contribution in [0.25, 0.3) is 38.0 Å². The number of hydrogen-bond acceptors (Lipinski definition) is 1. The van der Waals surface area contributed by atoms with Gasteiger partial charge in [0.15, 0.2) is 5.69 Å². The summed E-state index contributed by atoms with van der Waals surface area (Å²) in [5, 5.41) is 1.67. The van der Waals surface area contributed by atoms with Gasteiger partial charge in [-0.3, -0.25) is 0 Å². The van der Waals surface area contributed by atoms with E-state index in [1.807, 2.05) is 31.2 Å². The molecular weight excluding hydrogens is 344 g/mol. The van der Waals surface area contributed by atoms with Crippen LogP contribution in [0.1, 0.15) is 36.2 Å². The van der Waals surface area contributed by atoms with Gasteiger partial charge in [0.05, 0.1) is 14.9 Å². The number of para-hydroxylation sites is 1. The Morgan fingerprint density at radius 3 is 2.61 bits per heavy atom. The summed E-state index contributed by atoms with van der Waals surface area (Å²) in [5.41, 5.74) is 4.22. The van der Waals surface area contributed by atoms with Crippen molar-refractivity contribution in [1.82, 2.24) is 0 Å². The summed E-state index contributed by atoms with van der Waals surface area (Å²) >= 11 is 0. The van der Waals surface area contributed by atoms with Crippen LogP contribution >= 0.6 is 0 Å². The van der Waals surface area contributed by atoms with Crippen molar-refractivity contribution in [2.24, 2.45) is 13.0 Å². The first-order valence-electron chi connectivity index (χ1n) is 11.3. The Kier molecular flexibility index (Phi) is 3.39. The van der Waals surface area contributed by atoms with Crippen LogP contribution in [0.15, 0.2) is 46.8 Å². The molecule has 0 atom stereocenters. The molecule has 0 aliphatic rings. The molecule has 4 rings (SSSR count). The molecule has 0 saturated heterocycles. The summed E-state index contributed by atoms with van der Waals surface area (Å²) in [6.07, 6.45) is -1.84. The average Bonchev–Trinajstić information content (AvgIpc) is 3.12. The molecule has 3 nitrogen and oxygen atoms in total. The van der Waals surface area contributed by atoms with Crippen molar-refractivity contribution >= 4 is 27.6 Å². The molecule has 0 spiro atoms. The van der Waals surface area contributed by atoms with Gasteiger partial charge in [-0.05, 0) is 30.3 Å². The lowest BCUT2D eigenvalue weighted by atomic mass is 9.96. The molecule has 3 heteroatoms. The first-order valence-corrected chi connectivity index (χ1v) is 9.35. The Balaban J connectivity index is 2.20. The maximum absolute atomic E-state index is 9.03. The molecule has 2 heterocycles. The Bertz CT molecular complexity index is 1440. The van der Waals surface area contributed by atoms with Crippen molar-refractivity contribution in [3.05, 3.63) is 70.7 Å². The predicted molar refractivity (Wildman–Crippen MR) is 115 cm³/mol. The molecule has 0 aliphatic heterocycles. The second-order valence-corrected chi connectivity index (χ2v) is 7.42. The maximum Gasteiger partial charge on any atom is 0.229 e. The van der Waals surface area contributed by atoms with Crippen molar-refractivity contribution in [2.75, 3.05) is 0 Å². The fraction of sp³-hybridized carbons (Fsp3) is 0.280. The highest BCUT2D eigenvalue weighted by Crippen LogP contribution is 2.40. The lowest BCUT2D eigenvalue weighted by Crippen LogP contribution is -2.35. The number of aromatic nitrogens is 1. The van der Waals surface area contributed by atoms with Crippen LogP contribution in [-0.4, -0.2) is 0 Å². The van der Waals surface area contributed by atoms with E-state index in [0.717, 1.165) is 16.3 Å². The molecule has 0 saturated carbocycles. The van der Waals surface area contributed by atoms with E-state index in [-0.39, 0.29) is 17.6 Å². The van der Waals surface area contributed by atoms with Crippen LogP contribution in [0, 0.1) is 26.3 Å². The van der Waals surface area contributed by atoms with Gasteiger partial charge in [0, 0.05) is 32.5 Å². The van der Waals surface area contributed by atoms with Crippen molar-refractivity contribution in [3.8, 4) is 11.3 Å². The average molecular weight is 374 g/mol. The fourth-order valence-electron chi connectivity index (χ4n) is 3.58. The third-order valence-corrected chi connectivity index (χ3v) is 5.03. The zero-order chi connectivity index (χ0) is 23.5. The van der Waals surface area contributed by atoms with Gasteiger partial charge in [-0.15, -0.1) is 0 Å². The number of furan rings is 1. The standard InChI is InChI=1S/C25H25N2O/c1-15(2)12-18-13-17(4)27(6)22(14-18)23-16(3)10-11-20-19-8-7-9-21(26-5)24(19)28-25(20)23/h7-11,13-15H,12H2,1-4,6H3/q+1/i12D2,13D,14D. The second-order valence-electron chi connectivity index (χ2n) is 7.42. The van der Waals surface area contributed by atoms with E-state index in [0.29, 0.717) is 33.8 Å². The van der Waals surface area contributed by atoms with E-state index in [2.05, 4.69) is 4.85 Å². The van der Waals surface area contributed by atoms with Crippen LogP contribution < -0.4 is 4.57 Å². The molecule has 140 valence electrons. The topological polar surface area (TPSA) is 21.4 Å². The Hall–Kier alpha value is -3.12. The van der Waals surface area contributed by atoms with Crippen LogP contribution in [0.2, 0.25) is 0 Å². The summed E-state index contributed by atoms with van der Waals surface area (Å²) in [6, 6.07) is 9.41. The zero-order valence-corrected chi connectivity index (χ0v) is 16.8. The van der Waals surface area contributed by atoms with Gasteiger partial charge in [0.2, 0.25) is 11.4 Å². The summed E-state index contributed by atoms with van der Waals surface area (Å²) < 4.78 is 42.9. The summed E-state index contributed by atoms with van der Waals surface area (Å²) in [5.74, 6) is -0.403. The molecule has 0 unspecified atom stereocenters. The molecule has 2 aromatic carbocycles. The number of rotatable bonds is 3. The van der Waals surface area contributed by atoms with Gasteiger partial charge in [-0.2, -0.15) is 4.57 Å². The van der Waals surface area contributed by atoms with Crippen LogP contribution in [0.5, 0.6) is 0 Å². The fourth-order valence-corrected chi connectivity index (χ4v) is 3.58. The van der Waals surface area contributed by atoms with Crippen LogP contribution in [-0.2, 0) is 13.4 Å². The summed E-state index contributed by atoms with van der Waals surface area (Å²) in [4.78, 5) is 3.59. The SMILES string of the molecule is [2H]c1c(C([2H])([2H])C(C)C)c([2H])c(-c2c(C)ccc3c2oc2c([N+]#[C-])cccc23)[n+](C)c1C. The quantitative estimate of drug-likeness (QED) is 0.299. The van der Waals surface area contributed by atoms with Crippen LogP contribution in [0.3, 0.4) is 0 Å². The maximum atomic E-state index is 9.03. The van der Waals surface area contributed by atoms with Gasteiger partial charge >= 0.3 is 0 Å². The van der Waals surface area contributed by atoms with E-state index >= 15 is 0 Å². The molecule has 0 aliphatic carbocycles. The Morgan fingerprint density at radius 2 is 1.89 bits per heavy atom. The first kappa shape index (κ1) is 14.0. The van der Waals surface area contributed by atoms with Gasteiger partial charge < -0.3 is 4.42 Å². The van der Waals surface area contributed by atoms with Gasteiger partial charge in [0.25, 0.3) is 0 Å². The lowest BCUT2D eigenvalue weighted by molar-refractivity contribution is -0.666. The van der Waals surface area contributed by atoms with Crippen molar-refractivity contribution < 1.29 is 14.5 Å². The molecule has 4 aromatic rings. The molecular formula is C25H25N2O+. The molecule has 0 bridgehead atoms. The third kappa shape index (κ3) is 2.86. The minimum atomic E-state index is -1.84. The van der Waals surface area contributed by atoms with Crippen molar-refractivity contribution in [2.45, 2.75) is 34.1 Å². The van der Waals surface area contributed by atoms with Gasteiger partial charge in [-0.25, -0.2) is 4.85 Å². The number of fused-ring (bicyclic) bond motifs is 3. The Labute approximate surface area is 171 Å². The number of hydrogen-bond donors (Lipinski definition) is 0. The highest BCUT2D eigenvalue weighted by molar-refractivity contribution is 6.12. The van der Waals surface area contributed by atoms with Gasteiger partial charge in [-0.1, -0.05) is 44.2 Å². The van der Waals surface area contributed by atoms with E-state index in [1.165, 1.54) is 0 Å². The van der Waals surface area contributed by atoms with Gasteiger partial charge in [0.1, 0.15) is 18.2 Å². The number of nitrogens with zero attached hydrogens (tertiary/aromatic N) is 2. The molecule has 28 heavy (non-hydrogen) atoms. The minimum absolute atomic E-state index is 0.0109. The van der Waals surface area contributed by atoms with E-state index < -0.39 is 12.3 Å².